The molecular formula is C15H15FN4O. The van der Waals surface area contributed by atoms with E-state index in [0.29, 0.717) is 5.69 Å². The molecule has 1 saturated heterocycles. The van der Waals surface area contributed by atoms with E-state index in [1.165, 1.54) is 24.3 Å². The van der Waals surface area contributed by atoms with Gasteiger partial charge >= 0.3 is 6.03 Å². The van der Waals surface area contributed by atoms with Crippen LogP contribution in [0.3, 0.4) is 0 Å². The van der Waals surface area contributed by atoms with Gasteiger partial charge in [0.25, 0.3) is 0 Å². The van der Waals surface area contributed by atoms with Crippen molar-refractivity contribution in [3.05, 3.63) is 54.5 Å². The van der Waals surface area contributed by atoms with E-state index in [4.69, 9.17) is 0 Å². The maximum absolute atomic E-state index is 12.8. The van der Waals surface area contributed by atoms with Gasteiger partial charge in [-0.05, 0) is 36.4 Å². The molecule has 0 spiro atoms. The van der Waals surface area contributed by atoms with Crippen LogP contribution in [0.15, 0.2) is 48.7 Å². The quantitative estimate of drug-likeness (QED) is 0.909. The largest absolute Gasteiger partial charge is 0.352 e. The van der Waals surface area contributed by atoms with Gasteiger partial charge in [-0.15, -0.1) is 0 Å². The van der Waals surface area contributed by atoms with Gasteiger partial charge in [0.1, 0.15) is 11.6 Å². The fourth-order valence-corrected chi connectivity index (χ4v) is 2.18. The van der Waals surface area contributed by atoms with Crippen LogP contribution in [0.4, 0.5) is 20.7 Å². The number of rotatable bonds is 3. The van der Waals surface area contributed by atoms with E-state index in [2.05, 4.69) is 20.5 Å². The van der Waals surface area contributed by atoms with E-state index in [1.54, 1.807) is 6.20 Å². The Balaban J connectivity index is 1.46. The van der Waals surface area contributed by atoms with Gasteiger partial charge < -0.3 is 15.5 Å². The minimum Gasteiger partial charge on any atom is -0.352 e. The molecule has 0 aliphatic carbocycles. The average Bonchev–Trinajstić information content (AvgIpc) is 2.46. The zero-order valence-corrected chi connectivity index (χ0v) is 11.3. The lowest BCUT2D eigenvalue weighted by molar-refractivity contribution is 0.245. The molecule has 0 bridgehead atoms. The third kappa shape index (κ3) is 3.28. The van der Waals surface area contributed by atoms with Gasteiger partial charge in [-0.2, -0.15) is 0 Å². The highest BCUT2D eigenvalue weighted by molar-refractivity contribution is 5.89. The summed E-state index contributed by atoms with van der Waals surface area (Å²) in [4.78, 5) is 18.1. The molecule has 0 saturated carbocycles. The Morgan fingerprint density at radius 3 is 2.62 bits per heavy atom. The number of anilines is 2. The lowest BCUT2D eigenvalue weighted by atomic mass is 10.1. The van der Waals surface area contributed by atoms with Crippen molar-refractivity contribution in [1.29, 1.82) is 0 Å². The number of pyridine rings is 1. The van der Waals surface area contributed by atoms with Crippen LogP contribution in [0.1, 0.15) is 0 Å². The summed E-state index contributed by atoms with van der Waals surface area (Å²) >= 11 is 0. The fourth-order valence-electron chi connectivity index (χ4n) is 2.18. The lowest BCUT2D eigenvalue weighted by Crippen LogP contribution is -2.60. The number of urea groups is 1. The van der Waals surface area contributed by atoms with Crippen LogP contribution in [-0.2, 0) is 0 Å². The third-order valence-electron chi connectivity index (χ3n) is 3.29. The van der Waals surface area contributed by atoms with Crippen molar-refractivity contribution in [2.45, 2.75) is 6.04 Å². The van der Waals surface area contributed by atoms with Crippen molar-refractivity contribution < 1.29 is 9.18 Å². The number of aromatic nitrogens is 1. The molecule has 1 fully saturated rings. The predicted octanol–water partition coefficient (Wildman–Crippen LogP) is 2.23. The Bertz CT molecular complexity index is 611. The maximum atomic E-state index is 12.8. The van der Waals surface area contributed by atoms with Gasteiger partial charge in [-0.3, -0.25) is 0 Å². The smallest absolute Gasteiger partial charge is 0.319 e. The first kappa shape index (κ1) is 13.4. The number of benzene rings is 1. The van der Waals surface area contributed by atoms with Crippen molar-refractivity contribution in [3.8, 4) is 0 Å². The van der Waals surface area contributed by atoms with E-state index in [9.17, 15) is 9.18 Å². The van der Waals surface area contributed by atoms with E-state index >= 15 is 0 Å². The second-order valence-corrected chi connectivity index (χ2v) is 4.90. The van der Waals surface area contributed by atoms with Gasteiger partial charge in [0.2, 0.25) is 0 Å². The average molecular weight is 286 g/mol. The highest BCUT2D eigenvalue weighted by atomic mass is 19.1. The Hall–Kier alpha value is -2.63. The van der Waals surface area contributed by atoms with Crippen molar-refractivity contribution in [3.63, 3.8) is 0 Å². The predicted molar refractivity (Wildman–Crippen MR) is 78.8 cm³/mol. The zero-order chi connectivity index (χ0) is 14.7. The molecule has 2 heterocycles. The minimum absolute atomic E-state index is 0.0902. The molecule has 2 N–H and O–H groups in total. The number of nitrogens with zero attached hydrogens (tertiary/aromatic N) is 2. The van der Waals surface area contributed by atoms with Crippen molar-refractivity contribution in [1.82, 2.24) is 10.3 Å². The molecule has 1 aliphatic rings. The lowest BCUT2D eigenvalue weighted by Gasteiger charge is -2.40. The molecule has 0 unspecified atom stereocenters. The number of hydrogen-bond donors (Lipinski definition) is 2. The summed E-state index contributed by atoms with van der Waals surface area (Å²) < 4.78 is 12.8. The number of carbonyl (C=O) groups is 1. The first-order valence-electron chi connectivity index (χ1n) is 6.70. The zero-order valence-electron chi connectivity index (χ0n) is 11.3. The van der Waals surface area contributed by atoms with Crippen LogP contribution in [0, 0.1) is 5.82 Å². The van der Waals surface area contributed by atoms with Crippen LogP contribution in [0.25, 0.3) is 0 Å². The van der Waals surface area contributed by atoms with Gasteiger partial charge in [-0.25, -0.2) is 14.2 Å². The first-order valence-corrected chi connectivity index (χ1v) is 6.70. The summed E-state index contributed by atoms with van der Waals surface area (Å²) in [7, 11) is 0. The normalized spacial score (nSPS) is 14.4. The van der Waals surface area contributed by atoms with Crippen LogP contribution in [0.2, 0.25) is 0 Å². The Kier molecular flexibility index (Phi) is 3.68. The standard InChI is InChI=1S/C15H15FN4O/c16-11-4-6-12(7-5-11)18-15(21)19-13-9-20(10-13)14-3-1-2-8-17-14/h1-8,13H,9-10H2,(H2,18,19,21). The molecule has 2 aromatic rings. The topological polar surface area (TPSA) is 57.3 Å². The van der Waals surface area contributed by atoms with Crippen molar-refractivity contribution in [2.75, 3.05) is 23.3 Å². The SMILES string of the molecule is O=C(Nc1ccc(F)cc1)NC1CN(c2ccccn2)C1. The van der Waals surface area contributed by atoms with Crippen LogP contribution in [0.5, 0.6) is 0 Å². The summed E-state index contributed by atoms with van der Waals surface area (Å²) in [5, 5.41) is 5.54. The Morgan fingerprint density at radius 2 is 1.95 bits per heavy atom. The Labute approximate surface area is 121 Å². The molecule has 2 amide bonds. The highest BCUT2D eigenvalue weighted by Gasteiger charge is 2.28. The highest BCUT2D eigenvalue weighted by Crippen LogP contribution is 2.17. The monoisotopic (exact) mass is 286 g/mol. The number of nitrogens with one attached hydrogen (secondary N) is 2. The molecule has 6 heteroatoms. The van der Waals surface area contributed by atoms with Gasteiger partial charge in [-0.1, -0.05) is 6.07 Å². The molecule has 5 nitrogen and oxygen atoms in total. The molecule has 3 rings (SSSR count). The van der Waals surface area contributed by atoms with Crippen LogP contribution >= 0.6 is 0 Å². The summed E-state index contributed by atoms with van der Waals surface area (Å²) in [6, 6.07) is 11.2. The summed E-state index contributed by atoms with van der Waals surface area (Å²) in [5.41, 5.74) is 0.565. The van der Waals surface area contributed by atoms with E-state index in [0.717, 1.165) is 18.9 Å². The molecule has 1 aromatic carbocycles. The Morgan fingerprint density at radius 1 is 1.19 bits per heavy atom. The number of halogens is 1. The summed E-state index contributed by atoms with van der Waals surface area (Å²) in [6.07, 6.45) is 1.75. The second kappa shape index (κ2) is 5.78. The second-order valence-electron chi connectivity index (χ2n) is 4.90. The number of hydrogen-bond acceptors (Lipinski definition) is 3. The first-order chi connectivity index (χ1) is 10.2. The van der Waals surface area contributed by atoms with Gasteiger partial charge in [0, 0.05) is 25.0 Å². The molecule has 0 atom stereocenters. The molecule has 0 radical (unpaired) electrons. The minimum atomic E-state index is -0.328. The van der Waals surface area contributed by atoms with Gasteiger partial charge in [0.05, 0.1) is 6.04 Å². The third-order valence-corrected chi connectivity index (χ3v) is 3.29. The van der Waals surface area contributed by atoms with Crippen LogP contribution in [-0.4, -0.2) is 30.1 Å². The molecule has 1 aliphatic heterocycles. The van der Waals surface area contributed by atoms with Gasteiger partial charge in [0.15, 0.2) is 0 Å². The molecule has 21 heavy (non-hydrogen) atoms. The summed E-state index contributed by atoms with van der Waals surface area (Å²) in [6.45, 7) is 1.46. The van der Waals surface area contributed by atoms with Crippen LogP contribution < -0.4 is 15.5 Å². The maximum Gasteiger partial charge on any atom is 0.319 e. The summed E-state index contributed by atoms with van der Waals surface area (Å²) in [5.74, 6) is 0.584. The van der Waals surface area contributed by atoms with E-state index < -0.39 is 0 Å². The molecular weight excluding hydrogens is 271 g/mol. The van der Waals surface area contributed by atoms with Crippen molar-refractivity contribution >= 4 is 17.5 Å². The van der Waals surface area contributed by atoms with Crippen molar-refractivity contribution in [2.24, 2.45) is 0 Å². The van der Waals surface area contributed by atoms with E-state index in [-0.39, 0.29) is 17.9 Å². The number of carbonyl (C=O) groups excluding carboxylic acids is 1. The fraction of sp³-hybridized carbons (Fsp3) is 0.200. The van der Waals surface area contributed by atoms with E-state index in [1.807, 2.05) is 18.2 Å². The molecule has 1 aromatic heterocycles. The molecule has 108 valence electrons. The number of amides is 2.